The molecular weight excluding hydrogens is 264 g/mol. The molecule has 3 rings (SSSR count). The first kappa shape index (κ1) is 13.6. The molecule has 0 spiro atoms. The Hall–Kier alpha value is -2.36. The molecule has 0 amide bonds. The van der Waals surface area contributed by atoms with Gasteiger partial charge in [-0.25, -0.2) is 0 Å². The SMILES string of the molecule is Cc1cccc(NC2CCCc3ccccc32)c1[N+](=O)[O-]. The zero-order chi connectivity index (χ0) is 14.8. The van der Waals surface area contributed by atoms with Crippen LogP contribution in [0.1, 0.15) is 35.6 Å². The van der Waals surface area contributed by atoms with E-state index in [1.807, 2.05) is 12.1 Å². The van der Waals surface area contributed by atoms with Crippen LogP contribution in [-0.4, -0.2) is 4.92 Å². The Morgan fingerprint density at radius 1 is 1.19 bits per heavy atom. The number of nitrogens with one attached hydrogen (secondary N) is 1. The van der Waals surface area contributed by atoms with E-state index in [1.165, 1.54) is 11.1 Å². The van der Waals surface area contributed by atoms with E-state index in [2.05, 4.69) is 23.5 Å². The minimum Gasteiger partial charge on any atom is -0.373 e. The summed E-state index contributed by atoms with van der Waals surface area (Å²) in [6, 6.07) is 13.9. The van der Waals surface area contributed by atoms with Crippen LogP contribution in [0.2, 0.25) is 0 Å². The third-order valence-corrected chi connectivity index (χ3v) is 4.12. The summed E-state index contributed by atoms with van der Waals surface area (Å²) in [5.41, 5.74) is 4.09. The molecule has 1 atom stereocenters. The van der Waals surface area contributed by atoms with Crippen LogP contribution in [0.3, 0.4) is 0 Å². The fourth-order valence-corrected chi connectivity index (χ4v) is 3.11. The third kappa shape index (κ3) is 2.61. The molecule has 0 aromatic heterocycles. The fraction of sp³-hybridized carbons (Fsp3) is 0.294. The zero-order valence-corrected chi connectivity index (χ0v) is 12.0. The average molecular weight is 282 g/mol. The summed E-state index contributed by atoms with van der Waals surface area (Å²) in [6.07, 6.45) is 3.20. The highest BCUT2D eigenvalue weighted by atomic mass is 16.6. The van der Waals surface area contributed by atoms with E-state index in [1.54, 1.807) is 19.1 Å². The normalized spacial score (nSPS) is 17.1. The Bertz CT molecular complexity index is 682. The summed E-state index contributed by atoms with van der Waals surface area (Å²) in [5, 5.41) is 14.7. The molecular formula is C17H18N2O2. The molecule has 0 radical (unpaired) electrons. The maximum Gasteiger partial charge on any atom is 0.295 e. The van der Waals surface area contributed by atoms with E-state index in [4.69, 9.17) is 0 Å². The predicted molar refractivity (Wildman–Crippen MR) is 83.6 cm³/mol. The first-order valence-electron chi connectivity index (χ1n) is 7.25. The van der Waals surface area contributed by atoms with E-state index >= 15 is 0 Å². The van der Waals surface area contributed by atoms with E-state index in [9.17, 15) is 10.1 Å². The summed E-state index contributed by atoms with van der Waals surface area (Å²) >= 11 is 0. The Balaban J connectivity index is 1.96. The Morgan fingerprint density at radius 2 is 2.00 bits per heavy atom. The highest BCUT2D eigenvalue weighted by Gasteiger charge is 2.23. The van der Waals surface area contributed by atoms with Crippen molar-refractivity contribution >= 4 is 11.4 Å². The van der Waals surface area contributed by atoms with Gasteiger partial charge in [0.25, 0.3) is 5.69 Å². The molecule has 4 heteroatoms. The monoisotopic (exact) mass is 282 g/mol. The second kappa shape index (κ2) is 5.56. The number of nitrogens with zero attached hydrogens (tertiary/aromatic N) is 1. The lowest BCUT2D eigenvalue weighted by Gasteiger charge is -2.27. The first-order valence-corrected chi connectivity index (χ1v) is 7.25. The van der Waals surface area contributed by atoms with Crippen molar-refractivity contribution in [2.24, 2.45) is 0 Å². The topological polar surface area (TPSA) is 55.2 Å². The van der Waals surface area contributed by atoms with Gasteiger partial charge >= 0.3 is 0 Å². The Morgan fingerprint density at radius 3 is 2.81 bits per heavy atom. The number of rotatable bonds is 3. The predicted octanol–water partition coefficient (Wildman–Crippen LogP) is 4.39. The van der Waals surface area contributed by atoms with Gasteiger partial charge in [-0.05, 0) is 43.4 Å². The van der Waals surface area contributed by atoms with Gasteiger partial charge in [-0.15, -0.1) is 0 Å². The quantitative estimate of drug-likeness (QED) is 0.671. The molecule has 0 heterocycles. The maximum atomic E-state index is 11.3. The molecule has 1 aliphatic rings. The number of benzene rings is 2. The van der Waals surface area contributed by atoms with Crippen LogP contribution < -0.4 is 5.32 Å². The van der Waals surface area contributed by atoms with Crippen molar-refractivity contribution in [2.75, 3.05) is 5.32 Å². The Kier molecular flexibility index (Phi) is 3.60. The van der Waals surface area contributed by atoms with E-state index in [0.29, 0.717) is 11.3 Å². The molecule has 0 saturated carbocycles. The van der Waals surface area contributed by atoms with Gasteiger partial charge in [-0.1, -0.05) is 36.4 Å². The average Bonchev–Trinajstić information content (AvgIpc) is 2.47. The maximum absolute atomic E-state index is 11.3. The summed E-state index contributed by atoms with van der Waals surface area (Å²) in [6.45, 7) is 1.78. The van der Waals surface area contributed by atoms with Crippen LogP contribution in [-0.2, 0) is 6.42 Å². The van der Waals surface area contributed by atoms with Crippen LogP contribution in [0.4, 0.5) is 11.4 Å². The van der Waals surface area contributed by atoms with Crippen LogP contribution in [0.15, 0.2) is 42.5 Å². The number of hydrogen-bond acceptors (Lipinski definition) is 3. The summed E-state index contributed by atoms with van der Waals surface area (Å²) in [7, 11) is 0. The summed E-state index contributed by atoms with van der Waals surface area (Å²) < 4.78 is 0. The molecule has 0 aliphatic heterocycles. The molecule has 0 bridgehead atoms. The van der Waals surface area contributed by atoms with Gasteiger partial charge in [0.1, 0.15) is 5.69 Å². The van der Waals surface area contributed by atoms with Crippen molar-refractivity contribution in [3.63, 3.8) is 0 Å². The van der Waals surface area contributed by atoms with Crippen LogP contribution in [0.25, 0.3) is 0 Å². The van der Waals surface area contributed by atoms with Crippen molar-refractivity contribution in [1.82, 2.24) is 0 Å². The van der Waals surface area contributed by atoms with E-state index in [-0.39, 0.29) is 16.7 Å². The second-order valence-corrected chi connectivity index (χ2v) is 5.52. The minimum atomic E-state index is -0.299. The molecule has 1 aliphatic carbocycles. The molecule has 108 valence electrons. The third-order valence-electron chi connectivity index (χ3n) is 4.12. The van der Waals surface area contributed by atoms with Gasteiger partial charge in [-0.3, -0.25) is 10.1 Å². The van der Waals surface area contributed by atoms with Crippen LogP contribution in [0, 0.1) is 17.0 Å². The number of para-hydroxylation sites is 1. The first-order chi connectivity index (χ1) is 10.2. The smallest absolute Gasteiger partial charge is 0.295 e. The fourth-order valence-electron chi connectivity index (χ4n) is 3.11. The second-order valence-electron chi connectivity index (χ2n) is 5.52. The summed E-state index contributed by atoms with van der Waals surface area (Å²) in [5.74, 6) is 0. The van der Waals surface area contributed by atoms with Gasteiger partial charge in [0.15, 0.2) is 0 Å². The minimum absolute atomic E-state index is 0.149. The molecule has 2 aromatic rings. The van der Waals surface area contributed by atoms with Crippen molar-refractivity contribution in [2.45, 2.75) is 32.2 Å². The Labute approximate surface area is 124 Å². The molecule has 0 fully saturated rings. The number of anilines is 1. The molecule has 1 unspecified atom stereocenters. The summed E-state index contributed by atoms with van der Waals surface area (Å²) in [4.78, 5) is 11.0. The molecule has 2 aromatic carbocycles. The number of fused-ring (bicyclic) bond motifs is 1. The van der Waals surface area contributed by atoms with Crippen molar-refractivity contribution in [3.8, 4) is 0 Å². The number of nitro groups is 1. The van der Waals surface area contributed by atoms with Gasteiger partial charge in [-0.2, -0.15) is 0 Å². The zero-order valence-electron chi connectivity index (χ0n) is 12.0. The van der Waals surface area contributed by atoms with Gasteiger partial charge in [0.2, 0.25) is 0 Å². The molecule has 21 heavy (non-hydrogen) atoms. The molecule has 1 N–H and O–H groups in total. The molecule has 0 saturated heterocycles. The standard InChI is InChI=1S/C17H18N2O2/c1-12-6-4-11-16(17(12)19(20)21)18-15-10-5-8-13-7-2-3-9-14(13)15/h2-4,6-7,9,11,15,18H,5,8,10H2,1H3. The van der Waals surface area contributed by atoms with Gasteiger partial charge < -0.3 is 5.32 Å². The van der Waals surface area contributed by atoms with Crippen molar-refractivity contribution in [3.05, 3.63) is 69.3 Å². The highest BCUT2D eigenvalue weighted by molar-refractivity contribution is 5.66. The van der Waals surface area contributed by atoms with Crippen molar-refractivity contribution in [1.29, 1.82) is 0 Å². The van der Waals surface area contributed by atoms with E-state index in [0.717, 1.165) is 19.3 Å². The van der Waals surface area contributed by atoms with Crippen LogP contribution in [0.5, 0.6) is 0 Å². The lowest BCUT2D eigenvalue weighted by atomic mass is 9.87. The van der Waals surface area contributed by atoms with E-state index < -0.39 is 0 Å². The number of nitro benzene ring substituents is 1. The highest BCUT2D eigenvalue weighted by Crippen LogP contribution is 2.36. The van der Waals surface area contributed by atoms with Crippen LogP contribution >= 0.6 is 0 Å². The molecule has 4 nitrogen and oxygen atoms in total. The lowest BCUT2D eigenvalue weighted by molar-refractivity contribution is -0.384. The number of aryl methyl sites for hydroxylation is 2. The largest absolute Gasteiger partial charge is 0.373 e. The van der Waals surface area contributed by atoms with Crippen molar-refractivity contribution < 1.29 is 4.92 Å². The van der Waals surface area contributed by atoms with Gasteiger partial charge in [0.05, 0.1) is 11.0 Å². The van der Waals surface area contributed by atoms with Gasteiger partial charge in [0, 0.05) is 5.56 Å². The lowest BCUT2D eigenvalue weighted by Crippen LogP contribution is -2.18. The number of hydrogen-bond donors (Lipinski definition) is 1.